The lowest BCUT2D eigenvalue weighted by molar-refractivity contribution is -0.112. The second-order valence-corrected chi connectivity index (χ2v) is 10.8. The van der Waals surface area contributed by atoms with Gasteiger partial charge in [0.15, 0.2) is 0 Å². The molecule has 0 aliphatic carbocycles. The third-order valence-electron chi connectivity index (χ3n) is 4.48. The van der Waals surface area contributed by atoms with Crippen LogP contribution in [0.15, 0.2) is 79.6 Å². The van der Waals surface area contributed by atoms with Crippen molar-refractivity contribution in [3.05, 3.63) is 59.6 Å². The number of carbonyl (C=O) groups is 2. The number of hydrogen-bond acceptors (Lipinski definition) is 8. The number of fused-ring (bicyclic) bond motifs is 1. The summed E-state index contributed by atoms with van der Waals surface area (Å²) in [6, 6.07) is 8.83. The van der Waals surface area contributed by atoms with E-state index in [1.807, 2.05) is 0 Å². The fraction of sp³-hybridized carbons (Fsp3) is 0. The molecule has 13 nitrogen and oxygen atoms in total. The van der Waals surface area contributed by atoms with Gasteiger partial charge < -0.3 is 16.4 Å². The van der Waals surface area contributed by atoms with Gasteiger partial charge in [-0.2, -0.15) is 21.9 Å². The first-order chi connectivity index (χ1) is 16.6. The van der Waals surface area contributed by atoms with E-state index in [1.165, 1.54) is 36.4 Å². The molecule has 3 amide bonds. The van der Waals surface area contributed by atoms with Gasteiger partial charge in [0.05, 0.1) is 20.8 Å². The van der Waals surface area contributed by atoms with E-state index in [2.05, 4.69) is 43.4 Å². The first-order valence-corrected chi connectivity index (χ1v) is 13.1. The Labute approximate surface area is 212 Å². The first-order valence-electron chi connectivity index (χ1n) is 9.46. The summed E-state index contributed by atoms with van der Waals surface area (Å²) < 4.78 is 65.6. The number of azo groups is 1. The van der Waals surface area contributed by atoms with Gasteiger partial charge >= 0.3 is 6.03 Å². The number of halogens is 1. The van der Waals surface area contributed by atoms with Gasteiger partial charge in [-0.3, -0.25) is 13.9 Å². The summed E-state index contributed by atoms with van der Waals surface area (Å²) in [7, 11) is -9.65. The molecule has 0 heterocycles. The van der Waals surface area contributed by atoms with Crippen LogP contribution in [0.1, 0.15) is 0 Å². The average molecular weight is 598 g/mol. The summed E-state index contributed by atoms with van der Waals surface area (Å²) in [6.45, 7) is 3.45. The lowest BCUT2D eigenvalue weighted by Gasteiger charge is -2.10. The van der Waals surface area contributed by atoms with E-state index in [4.69, 9.17) is 5.73 Å². The highest BCUT2D eigenvalue weighted by Gasteiger charge is 2.20. The predicted molar refractivity (Wildman–Crippen MR) is 134 cm³/mol. The molecule has 6 N–H and O–H groups in total. The second kappa shape index (κ2) is 10.1. The minimum absolute atomic E-state index is 0.0694. The fourth-order valence-corrected chi connectivity index (χ4v) is 4.40. The van der Waals surface area contributed by atoms with Crippen LogP contribution in [-0.2, 0) is 25.0 Å². The zero-order chi connectivity index (χ0) is 26.8. The second-order valence-electron chi connectivity index (χ2n) is 7.06. The summed E-state index contributed by atoms with van der Waals surface area (Å²) >= 11 is 2.94. The van der Waals surface area contributed by atoms with Crippen LogP contribution < -0.4 is 16.4 Å². The van der Waals surface area contributed by atoms with Crippen LogP contribution in [-0.4, -0.2) is 37.9 Å². The van der Waals surface area contributed by atoms with E-state index in [1.54, 1.807) is 0 Å². The van der Waals surface area contributed by atoms with Crippen molar-refractivity contribution in [3.8, 4) is 0 Å². The number of amides is 3. The summed E-state index contributed by atoms with van der Waals surface area (Å²) in [5.41, 5.74) is 5.75. The number of hydrogen-bond donors (Lipinski definition) is 5. The average Bonchev–Trinajstić information content (AvgIpc) is 2.75. The van der Waals surface area contributed by atoms with Crippen molar-refractivity contribution in [3.63, 3.8) is 0 Å². The van der Waals surface area contributed by atoms with Crippen molar-refractivity contribution in [2.45, 2.75) is 9.79 Å². The van der Waals surface area contributed by atoms with E-state index < -0.39 is 42.0 Å². The Kier molecular flexibility index (Phi) is 7.56. The van der Waals surface area contributed by atoms with Crippen LogP contribution in [0.4, 0.5) is 27.5 Å². The van der Waals surface area contributed by atoms with Crippen molar-refractivity contribution >= 4 is 81.6 Å². The van der Waals surface area contributed by atoms with Crippen molar-refractivity contribution in [2.75, 3.05) is 10.6 Å². The van der Waals surface area contributed by atoms with Crippen LogP contribution in [0, 0.1) is 0 Å². The Balaban J connectivity index is 2.07. The van der Waals surface area contributed by atoms with Gasteiger partial charge in [0.2, 0.25) is 0 Å². The van der Waals surface area contributed by atoms with E-state index in [0.717, 1.165) is 6.07 Å². The number of urea groups is 1. The molecule has 3 aromatic carbocycles. The molecule has 188 valence electrons. The molecule has 0 fully saturated rings. The molecule has 0 unspecified atom stereocenters. The Hall–Kier alpha value is -3.70. The largest absolute Gasteiger partial charge is 0.351 e. The number of carbonyl (C=O) groups excluding carboxylic acids is 2. The number of benzene rings is 3. The number of nitrogens with zero attached hydrogens (tertiary/aromatic N) is 2. The summed E-state index contributed by atoms with van der Waals surface area (Å²) in [6.07, 6.45) is 0. The smallest absolute Gasteiger partial charge is 0.316 e. The predicted octanol–water partition coefficient (Wildman–Crippen LogP) is 4.09. The molecule has 0 aliphatic heterocycles. The minimum atomic E-state index is -4.89. The summed E-state index contributed by atoms with van der Waals surface area (Å²) in [5.74, 6) is -0.530. The van der Waals surface area contributed by atoms with Crippen molar-refractivity contribution in [1.82, 2.24) is 0 Å². The molecule has 0 radical (unpaired) electrons. The molecule has 16 heteroatoms. The normalized spacial score (nSPS) is 12.0. The third kappa shape index (κ3) is 6.49. The Morgan fingerprint density at radius 2 is 1.61 bits per heavy atom. The van der Waals surface area contributed by atoms with Crippen LogP contribution >= 0.6 is 15.9 Å². The van der Waals surface area contributed by atoms with Crippen molar-refractivity contribution < 1.29 is 35.5 Å². The highest BCUT2D eigenvalue weighted by Crippen LogP contribution is 2.33. The number of primary amides is 1. The minimum Gasteiger partial charge on any atom is -0.351 e. The van der Waals surface area contributed by atoms with Crippen LogP contribution in [0.3, 0.4) is 0 Å². The molecule has 0 saturated heterocycles. The zero-order valence-electron chi connectivity index (χ0n) is 17.8. The Bertz CT molecular complexity index is 1670. The molecule has 3 aromatic rings. The molecular weight excluding hydrogens is 582 g/mol. The number of anilines is 2. The van der Waals surface area contributed by atoms with Gasteiger partial charge in [0.25, 0.3) is 26.1 Å². The van der Waals surface area contributed by atoms with Gasteiger partial charge in [-0.1, -0.05) is 12.6 Å². The molecule has 0 spiro atoms. The highest BCUT2D eigenvalue weighted by atomic mass is 79.9. The fourth-order valence-electron chi connectivity index (χ4n) is 2.95. The maximum Gasteiger partial charge on any atom is 0.316 e. The SMILES string of the molecule is C=C(Br)C(=O)Nc1ccc(N=Nc2ccc3cc(S(=O)(=O)O)cc(S(=O)(=O)O)c3c2)c(NC(N)=O)c1. The molecule has 0 atom stereocenters. The van der Waals surface area contributed by atoms with Crippen molar-refractivity contribution in [2.24, 2.45) is 16.0 Å². The van der Waals surface area contributed by atoms with Gasteiger partial charge in [-0.05, 0) is 63.8 Å². The summed E-state index contributed by atoms with van der Waals surface area (Å²) in [5, 5.41) is 12.8. The maximum atomic E-state index is 11.8. The molecule has 36 heavy (non-hydrogen) atoms. The topological polar surface area (TPSA) is 218 Å². The molecule has 0 aromatic heterocycles. The van der Waals surface area contributed by atoms with E-state index >= 15 is 0 Å². The molecule has 0 bridgehead atoms. The molecular formula is C20H16BrN5O8S2. The van der Waals surface area contributed by atoms with Gasteiger partial charge in [-0.15, -0.1) is 5.11 Å². The monoisotopic (exact) mass is 597 g/mol. The number of rotatable bonds is 7. The number of nitrogens with two attached hydrogens (primary N) is 1. The highest BCUT2D eigenvalue weighted by molar-refractivity contribution is 9.12. The molecule has 0 aliphatic rings. The lowest BCUT2D eigenvalue weighted by Crippen LogP contribution is -2.19. The molecule has 0 saturated carbocycles. The third-order valence-corrected chi connectivity index (χ3v) is 6.57. The lowest BCUT2D eigenvalue weighted by atomic mass is 10.1. The van der Waals surface area contributed by atoms with E-state index in [-0.39, 0.29) is 38.0 Å². The van der Waals surface area contributed by atoms with Crippen LogP contribution in [0.2, 0.25) is 0 Å². The Morgan fingerprint density at radius 1 is 0.917 bits per heavy atom. The van der Waals surface area contributed by atoms with Gasteiger partial charge in [0, 0.05) is 11.1 Å². The van der Waals surface area contributed by atoms with Gasteiger partial charge in [0.1, 0.15) is 10.6 Å². The van der Waals surface area contributed by atoms with Crippen LogP contribution in [0.25, 0.3) is 10.8 Å². The number of nitrogens with one attached hydrogen (secondary N) is 2. The summed E-state index contributed by atoms with van der Waals surface area (Å²) in [4.78, 5) is 21.7. The zero-order valence-corrected chi connectivity index (χ0v) is 21.1. The van der Waals surface area contributed by atoms with E-state index in [0.29, 0.717) is 6.07 Å². The van der Waals surface area contributed by atoms with Gasteiger partial charge in [-0.25, -0.2) is 4.79 Å². The van der Waals surface area contributed by atoms with Crippen molar-refractivity contribution in [1.29, 1.82) is 0 Å². The first kappa shape index (κ1) is 26.9. The molecule has 3 rings (SSSR count). The maximum absolute atomic E-state index is 11.8. The Morgan fingerprint density at radius 3 is 2.19 bits per heavy atom. The standard InChI is InChI=1S/C20H16BrN5O8S2/c1-10(21)19(27)23-12-4-5-16(17(8-12)24-20(22)28)26-25-13-3-2-11-6-14(35(29,30)31)9-18(15(11)7-13)36(32,33)34/h2-9H,1H2,(H,23,27)(H3,22,24,28)(H,29,30,31)(H,32,33,34). The quantitative estimate of drug-likeness (QED) is 0.151. The van der Waals surface area contributed by atoms with Crippen LogP contribution in [0.5, 0.6) is 0 Å². The van der Waals surface area contributed by atoms with E-state index in [9.17, 15) is 35.5 Å².